The topological polar surface area (TPSA) is 50.4 Å². The van der Waals surface area contributed by atoms with Crippen molar-refractivity contribution in [1.82, 2.24) is 10.6 Å². The van der Waals surface area contributed by atoms with Crippen LogP contribution in [0.1, 0.15) is 25.7 Å². The molecule has 5 heteroatoms. The van der Waals surface area contributed by atoms with Crippen molar-refractivity contribution in [1.29, 1.82) is 0 Å². The SMILES string of the molecule is O=C(CCCOc1ccccc1Br)NCC1CCCNC1. The zero-order valence-corrected chi connectivity index (χ0v) is 13.8. The molecule has 0 spiro atoms. The maximum Gasteiger partial charge on any atom is 0.220 e. The predicted molar refractivity (Wildman–Crippen MR) is 87.5 cm³/mol. The number of amides is 1. The van der Waals surface area contributed by atoms with Gasteiger partial charge in [-0.3, -0.25) is 4.79 Å². The molecule has 1 saturated heterocycles. The summed E-state index contributed by atoms with van der Waals surface area (Å²) in [5.41, 5.74) is 0. The summed E-state index contributed by atoms with van der Waals surface area (Å²) in [6, 6.07) is 7.75. The standard InChI is InChI=1S/C16H23BrN2O2/c17-14-6-1-2-7-15(14)21-10-4-8-16(20)19-12-13-5-3-9-18-11-13/h1-2,6-7,13,18H,3-5,8-12H2,(H,19,20). The molecule has 1 aromatic carbocycles. The van der Waals surface area contributed by atoms with Crippen molar-refractivity contribution in [3.8, 4) is 5.75 Å². The van der Waals surface area contributed by atoms with Crippen molar-refractivity contribution >= 4 is 21.8 Å². The van der Waals surface area contributed by atoms with Crippen LogP contribution >= 0.6 is 15.9 Å². The second kappa shape index (κ2) is 9.05. The van der Waals surface area contributed by atoms with Crippen molar-refractivity contribution < 1.29 is 9.53 Å². The van der Waals surface area contributed by atoms with Crippen LogP contribution in [0.15, 0.2) is 28.7 Å². The van der Waals surface area contributed by atoms with Gasteiger partial charge >= 0.3 is 0 Å². The molecule has 1 amide bonds. The van der Waals surface area contributed by atoms with E-state index in [2.05, 4.69) is 26.6 Å². The Morgan fingerprint density at radius 2 is 2.29 bits per heavy atom. The maximum absolute atomic E-state index is 11.8. The fraction of sp³-hybridized carbons (Fsp3) is 0.562. The summed E-state index contributed by atoms with van der Waals surface area (Å²) in [6.07, 6.45) is 3.67. The quantitative estimate of drug-likeness (QED) is 0.740. The number of halogens is 1. The van der Waals surface area contributed by atoms with Crippen LogP contribution in [0.3, 0.4) is 0 Å². The molecule has 0 saturated carbocycles. The zero-order valence-electron chi connectivity index (χ0n) is 12.2. The molecule has 0 bridgehead atoms. The maximum atomic E-state index is 11.8. The molecular formula is C16H23BrN2O2. The van der Waals surface area contributed by atoms with Crippen LogP contribution in [-0.4, -0.2) is 32.1 Å². The molecule has 0 aliphatic carbocycles. The Bertz CT molecular complexity index is 448. The molecule has 1 unspecified atom stereocenters. The highest BCUT2D eigenvalue weighted by Gasteiger charge is 2.13. The first-order valence-corrected chi connectivity index (χ1v) is 8.40. The molecule has 21 heavy (non-hydrogen) atoms. The van der Waals surface area contributed by atoms with Crippen LogP contribution < -0.4 is 15.4 Å². The molecular weight excluding hydrogens is 332 g/mol. The third-order valence-corrected chi connectivity index (χ3v) is 4.28. The van der Waals surface area contributed by atoms with Gasteiger partial charge in [0.1, 0.15) is 5.75 Å². The molecule has 1 heterocycles. The molecule has 2 rings (SSSR count). The van der Waals surface area contributed by atoms with E-state index < -0.39 is 0 Å². The van der Waals surface area contributed by atoms with Crippen LogP contribution in [0, 0.1) is 5.92 Å². The third-order valence-electron chi connectivity index (χ3n) is 3.63. The highest BCUT2D eigenvalue weighted by molar-refractivity contribution is 9.10. The lowest BCUT2D eigenvalue weighted by Gasteiger charge is -2.22. The van der Waals surface area contributed by atoms with Crippen molar-refractivity contribution in [2.75, 3.05) is 26.2 Å². The minimum Gasteiger partial charge on any atom is -0.492 e. The lowest BCUT2D eigenvalue weighted by molar-refractivity contribution is -0.121. The van der Waals surface area contributed by atoms with Gasteiger partial charge in [-0.25, -0.2) is 0 Å². The summed E-state index contributed by atoms with van der Waals surface area (Å²) in [6.45, 7) is 3.47. The molecule has 1 aliphatic heterocycles. The Morgan fingerprint density at radius 3 is 3.05 bits per heavy atom. The fourth-order valence-electron chi connectivity index (χ4n) is 2.42. The molecule has 116 valence electrons. The molecule has 1 aliphatic rings. The number of benzene rings is 1. The Morgan fingerprint density at radius 1 is 1.43 bits per heavy atom. The van der Waals surface area contributed by atoms with Crippen molar-refractivity contribution in [2.45, 2.75) is 25.7 Å². The molecule has 2 N–H and O–H groups in total. The predicted octanol–water partition coefficient (Wildman–Crippen LogP) is 2.72. The second-order valence-corrected chi connectivity index (χ2v) is 6.25. The van der Waals surface area contributed by atoms with Gasteiger partial charge in [0.25, 0.3) is 0 Å². The van der Waals surface area contributed by atoms with E-state index in [0.717, 1.165) is 36.3 Å². The van der Waals surface area contributed by atoms with Gasteiger partial charge in [-0.2, -0.15) is 0 Å². The highest BCUT2D eigenvalue weighted by atomic mass is 79.9. The minimum atomic E-state index is 0.122. The first-order chi connectivity index (χ1) is 10.3. The average Bonchev–Trinajstić information content (AvgIpc) is 2.52. The van der Waals surface area contributed by atoms with Crippen molar-refractivity contribution in [3.63, 3.8) is 0 Å². The molecule has 0 aromatic heterocycles. The average molecular weight is 355 g/mol. The van der Waals surface area contributed by atoms with E-state index >= 15 is 0 Å². The van der Waals surface area contributed by atoms with Gasteiger partial charge < -0.3 is 15.4 Å². The number of rotatable bonds is 7. The highest BCUT2D eigenvalue weighted by Crippen LogP contribution is 2.23. The number of ether oxygens (including phenoxy) is 1. The number of hydrogen-bond donors (Lipinski definition) is 2. The van der Waals surface area contributed by atoms with Crippen LogP contribution in [0.5, 0.6) is 5.75 Å². The molecule has 4 nitrogen and oxygen atoms in total. The van der Waals surface area contributed by atoms with E-state index in [4.69, 9.17) is 4.74 Å². The normalized spacial score (nSPS) is 18.2. The van der Waals surface area contributed by atoms with E-state index in [1.165, 1.54) is 12.8 Å². The van der Waals surface area contributed by atoms with E-state index in [0.29, 0.717) is 18.9 Å². The van der Waals surface area contributed by atoms with Crippen molar-refractivity contribution in [2.24, 2.45) is 5.92 Å². The summed E-state index contributed by atoms with van der Waals surface area (Å²) in [5, 5.41) is 6.38. The second-order valence-electron chi connectivity index (χ2n) is 5.40. The molecule has 0 radical (unpaired) electrons. The van der Waals surface area contributed by atoms with E-state index in [1.54, 1.807) is 0 Å². The van der Waals surface area contributed by atoms with E-state index in [1.807, 2.05) is 24.3 Å². The Kier molecular flexibility index (Phi) is 7.03. The van der Waals surface area contributed by atoms with Gasteiger partial charge in [0.15, 0.2) is 0 Å². The van der Waals surface area contributed by atoms with Gasteiger partial charge in [-0.05, 0) is 66.3 Å². The summed E-state index contributed by atoms with van der Waals surface area (Å²) in [7, 11) is 0. The van der Waals surface area contributed by atoms with E-state index in [-0.39, 0.29) is 5.91 Å². The number of para-hydroxylation sites is 1. The molecule has 1 atom stereocenters. The minimum absolute atomic E-state index is 0.122. The smallest absolute Gasteiger partial charge is 0.220 e. The summed E-state index contributed by atoms with van der Waals surface area (Å²) >= 11 is 3.44. The van der Waals surface area contributed by atoms with Gasteiger partial charge in [-0.15, -0.1) is 0 Å². The van der Waals surface area contributed by atoms with Gasteiger partial charge in [0, 0.05) is 13.0 Å². The van der Waals surface area contributed by atoms with Crippen LogP contribution in [0.2, 0.25) is 0 Å². The first kappa shape index (κ1) is 16.3. The number of piperidine rings is 1. The fourth-order valence-corrected chi connectivity index (χ4v) is 2.82. The van der Waals surface area contributed by atoms with Gasteiger partial charge in [-0.1, -0.05) is 12.1 Å². The molecule has 1 aromatic rings. The van der Waals surface area contributed by atoms with Crippen molar-refractivity contribution in [3.05, 3.63) is 28.7 Å². The van der Waals surface area contributed by atoms with Gasteiger partial charge in [0.05, 0.1) is 11.1 Å². The lowest BCUT2D eigenvalue weighted by Crippen LogP contribution is -2.38. The number of hydrogen-bond acceptors (Lipinski definition) is 3. The Hall–Kier alpha value is -1.07. The summed E-state index contributed by atoms with van der Waals surface area (Å²) in [5.74, 6) is 1.53. The van der Waals surface area contributed by atoms with E-state index in [9.17, 15) is 4.79 Å². The first-order valence-electron chi connectivity index (χ1n) is 7.60. The molecule has 1 fully saturated rings. The van der Waals surface area contributed by atoms with Gasteiger partial charge in [0.2, 0.25) is 5.91 Å². The van der Waals surface area contributed by atoms with Crippen LogP contribution in [0.4, 0.5) is 0 Å². The number of carbonyl (C=O) groups excluding carboxylic acids is 1. The number of carbonyl (C=O) groups is 1. The third kappa shape index (κ3) is 6.06. The lowest BCUT2D eigenvalue weighted by atomic mass is 10.00. The summed E-state index contributed by atoms with van der Waals surface area (Å²) in [4.78, 5) is 11.8. The number of nitrogens with one attached hydrogen (secondary N) is 2. The monoisotopic (exact) mass is 354 g/mol. The zero-order chi connectivity index (χ0) is 14.9. The summed E-state index contributed by atoms with van der Waals surface area (Å²) < 4.78 is 6.59. The largest absolute Gasteiger partial charge is 0.492 e. The van der Waals surface area contributed by atoms with Crippen LogP contribution in [0.25, 0.3) is 0 Å². The van der Waals surface area contributed by atoms with Crippen LogP contribution in [-0.2, 0) is 4.79 Å². The Labute approximate surface area is 134 Å². The Balaban J connectivity index is 1.56.